The summed E-state index contributed by atoms with van der Waals surface area (Å²) in [6, 6.07) is -0.624. The van der Waals surface area contributed by atoms with Gasteiger partial charge in [-0.25, -0.2) is 0 Å². The minimum atomic E-state index is -0.841. The van der Waals surface area contributed by atoms with Gasteiger partial charge in [0.05, 0.1) is 25.4 Å². The molecule has 2 unspecified atom stereocenters. The van der Waals surface area contributed by atoms with Crippen molar-refractivity contribution in [1.29, 1.82) is 0 Å². The van der Waals surface area contributed by atoms with E-state index in [1.54, 1.807) is 6.08 Å². The summed E-state index contributed by atoms with van der Waals surface area (Å²) in [4.78, 5) is 24.5. The summed E-state index contributed by atoms with van der Waals surface area (Å²) in [5, 5.41) is 23.1. The zero-order chi connectivity index (χ0) is 50.7. The Balaban J connectivity index is 3.35. The summed E-state index contributed by atoms with van der Waals surface area (Å²) in [5.41, 5.74) is 0. The highest BCUT2D eigenvalue weighted by atomic mass is 16.5. The first-order chi connectivity index (χ1) is 34.5. The van der Waals surface area contributed by atoms with Crippen molar-refractivity contribution in [3.8, 4) is 0 Å². The van der Waals surface area contributed by atoms with Crippen LogP contribution in [-0.2, 0) is 14.3 Å². The third kappa shape index (κ3) is 55.9. The Bertz CT molecular complexity index is 1050. The van der Waals surface area contributed by atoms with Gasteiger partial charge in [-0.3, -0.25) is 9.59 Å². The molecule has 3 N–H and O–H groups in total. The van der Waals surface area contributed by atoms with Crippen LogP contribution in [0.3, 0.4) is 0 Å². The highest BCUT2D eigenvalue weighted by Crippen LogP contribution is 2.18. The maximum absolute atomic E-state index is 12.5. The summed E-state index contributed by atoms with van der Waals surface area (Å²) in [7, 11) is 0. The Morgan fingerprint density at radius 3 is 0.971 bits per heavy atom. The Labute approximate surface area is 438 Å². The van der Waals surface area contributed by atoms with Gasteiger partial charge in [0.25, 0.3) is 0 Å². The van der Waals surface area contributed by atoms with Crippen LogP contribution in [0.1, 0.15) is 361 Å². The normalized spacial score (nSPS) is 12.6. The lowest BCUT2D eigenvalue weighted by Crippen LogP contribution is -2.45. The van der Waals surface area contributed by atoms with Crippen LogP contribution in [0.25, 0.3) is 0 Å². The summed E-state index contributed by atoms with van der Waals surface area (Å²) in [5.74, 6) is -0.0442. The SMILES string of the molecule is CCCCCCCCCCCCCC/C=C/C(O)C(CO)NC(=O)CCCCCCCCCCCCCCCCCCCCCCCCCCCCCCOC(=O)CCCCCCCCCCCCC. The van der Waals surface area contributed by atoms with Gasteiger partial charge in [0.2, 0.25) is 5.91 Å². The minimum Gasteiger partial charge on any atom is -0.466 e. The van der Waals surface area contributed by atoms with Crippen LogP contribution in [0.4, 0.5) is 0 Å². The molecule has 0 saturated carbocycles. The summed E-state index contributed by atoms with van der Waals surface area (Å²) < 4.78 is 5.47. The first-order valence-corrected chi connectivity index (χ1v) is 32.0. The first kappa shape index (κ1) is 68.6. The minimum absolute atomic E-state index is 0.0186. The predicted molar refractivity (Wildman–Crippen MR) is 306 cm³/mol. The summed E-state index contributed by atoms with van der Waals surface area (Å²) in [6.07, 6.45) is 72.7. The standard InChI is InChI=1S/C64H125NO5/c1-3-5-7-9-11-13-15-16-33-37-40-44-48-52-56-62(67)61(60-66)65-63(68)57-53-49-45-41-38-34-31-29-27-25-23-21-19-17-18-20-22-24-26-28-30-32-35-39-43-47-51-55-59-70-64(69)58-54-50-46-42-36-14-12-10-8-6-4-2/h52,56,61-62,66-67H,3-51,53-55,57-60H2,1-2H3,(H,65,68)/b56-52+. The molecule has 0 saturated heterocycles. The number of amides is 1. The van der Waals surface area contributed by atoms with Gasteiger partial charge < -0.3 is 20.3 Å². The third-order valence-electron chi connectivity index (χ3n) is 15.1. The molecule has 6 nitrogen and oxygen atoms in total. The van der Waals surface area contributed by atoms with E-state index in [1.165, 1.54) is 295 Å². The number of hydrogen-bond donors (Lipinski definition) is 3. The summed E-state index contributed by atoms with van der Waals surface area (Å²) >= 11 is 0. The fourth-order valence-electron chi connectivity index (χ4n) is 10.2. The maximum atomic E-state index is 12.5. The van der Waals surface area contributed by atoms with Gasteiger partial charge >= 0.3 is 5.97 Å². The van der Waals surface area contributed by atoms with Crippen molar-refractivity contribution in [2.75, 3.05) is 13.2 Å². The van der Waals surface area contributed by atoms with Gasteiger partial charge in [-0.1, -0.05) is 328 Å². The first-order valence-electron chi connectivity index (χ1n) is 32.0. The van der Waals surface area contributed by atoms with E-state index in [-0.39, 0.29) is 18.5 Å². The molecule has 0 bridgehead atoms. The number of nitrogens with one attached hydrogen (secondary N) is 1. The van der Waals surface area contributed by atoms with Crippen molar-refractivity contribution in [3.63, 3.8) is 0 Å². The lowest BCUT2D eigenvalue weighted by molar-refractivity contribution is -0.143. The fourth-order valence-corrected chi connectivity index (χ4v) is 10.2. The molecule has 0 radical (unpaired) electrons. The molecular weight excluding hydrogens is 863 g/mol. The Kier molecular flexibility index (Phi) is 59.0. The van der Waals surface area contributed by atoms with Crippen LogP contribution in [0, 0.1) is 0 Å². The fraction of sp³-hybridized carbons (Fsp3) is 0.938. The number of esters is 1. The van der Waals surface area contributed by atoms with E-state index < -0.39 is 12.1 Å². The molecule has 0 aliphatic heterocycles. The zero-order valence-electron chi connectivity index (χ0n) is 47.5. The molecule has 0 rings (SSSR count). The molecule has 0 aromatic heterocycles. The molecule has 0 aromatic carbocycles. The average Bonchev–Trinajstić information content (AvgIpc) is 3.36. The number of aliphatic hydroxyl groups is 2. The van der Waals surface area contributed by atoms with E-state index in [9.17, 15) is 19.8 Å². The number of aliphatic hydroxyl groups excluding tert-OH is 2. The van der Waals surface area contributed by atoms with Crippen molar-refractivity contribution in [2.45, 2.75) is 373 Å². The van der Waals surface area contributed by atoms with Crippen molar-refractivity contribution in [3.05, 3.63) is 12.2 Å². The highest BCUT2D eigenvalue weighted by molar-refractivity contribution is 5.76. The van der Waals surface area contributed by atoms with E-state index in [0.717, 1.165) is 38.5 Å². The lowest BCUT2D eigenvalue weighted by atomic mass is 10.0. The maximum Gasteiger partial charge on any atom is 0.305 e. The van der Waals surface area contributed by atoms with E-state index in [0.29, 0.717) is 19.4 Å². The van der Waals surface area contributed by atoms with Gasteiger partial charge in [0.1, 0.15) is 0 Å². The van der Waals surface area contributed by atoms with E-state index in [1.807, 2.05) is 6.08 Å². The molecule has 0 aliphatic rings. The molecule has 0 aromatic rings. The van der Waals surface area contributed by atoms with Crippen LogP contribution in [-0.4, -0.2) is 47.4 Å². The Hall–Kier alpha value is -1.40. The van der Waals surface area contributed by atoms with Crippen molar-refractivity contribution < 1.29 is 24.5 Å². The van der Waals surface area contributed by atoms with E-state index >= 15 is 0 Å². The van der Waals surface area contributed by atoms with Gasteiger partial charge in [0.15, 0.2) is 0 Å². The zero-order valence-corrected chi connectivity index (χ0v) is 47.5. The van der Waals surface area contributed by atoms with Crippen molar-refractivity contribution in [2.24, 2.45) is 0 Å². The van der Waals surface area contributed by atoms with Gasteiger partial charge in [-0.2, -0.15) is 0 Å². The second kappa shape index (κ2) is 60.2. The van der Waals surface area contributed by atoms with Gasteiger partial charge in [-0.15, -0.1) is 0 Å². The van der Waals surface area contributed by atoms with Crippen LogP contribution in [0.15, 0.2) is 12.2 Å². The molecule has 6 heteroatoms. The lowest BCUT2D eigenvalue weighted by Gasteiger charge is -2.20. The van der Waals surface area contributed by atoms with Crippen molar-refractivity contribution in [1.82, 2.24) is 5.32 Å². The third-order valence-corrected chi connectivity index (χ3v) is 15.1. The van der Waals surface area contributed by atoms with E-state index in [4.69, 9.17) is 4.74 Å². The number of carbonyl (C=O) groups is 2. The second-order valence-corrected chi connectivity index (χ2v) is 22.1. The van der Waals surface area contributed by atoms with Crippen LogP contribution < -0.4 is 5.32 Å². The number of ether oxygens (including phenoxy) is 1. The molecule has 1 amide bonds. The Morgan fingerprint density at radius 2 is 0.657 bits per heavy atom. The van der Waals surface area contributed by atoms with Crippen LogP contribution >= 0.6 is 0 Å². The number of rotatable bonds is 60. The highest BCUT2D eigenvalue weighted by Gasteiger charge is 2.18. The van der Waals surface area contributed by atoms with Crippen molar-refractivity contribution >= 4 is 11.9 Å². The molecule has 0 aliphatic carbocycles. The van der Waals surface area contributed by atoms with Crippen LogP contribution in [0.2, 0.25) is 0 Å². The van der Waals surface area contributed by atoms with Gasteiger partial charge in [0, 0.05) is 12.8 Å². The Morgan fingerprint density at radius 1 is 0.386 bits per heavy atom. The smallest absolute Gasteiger partial charge is 0.305 e. The molecule has 416 valence electrons. The van der Waals surface area contributed by atoms with E-state index in [2.05, 4.69) is 19.2 Å². The van der Waals surface area contributed by atoms with Gasteiger partial charge in [-0.05, 0) is 32.1 Å². The topological polar surface area (TPSA) is 95.9 Å². The number of unbranched alkanes of at least 4 members (excludes halogenated alkanes) is 49. The largest absolute Gasteiger partial charge is 0.466 e. The number of allylic oxidation sites excluding steroid dienone is 1. The second-order valence-electron chi connectivity index (χ2n) is 22.1. The monoisotopic (exact) mass is 988 g/mol. The number of carbonyl (C=O) groups excluding carboxylic acids is 2. The number of hydrogen-bond acceptors (Lipinski definition) is 5. The molecule has 70 heavy (non-hydrogen) atoms. The quantitative estimate of drug-likeness (QED) is 0.0321. The molecule has 2 atom stereocenters. The summed E-state index contributed by atoms with van der Waals surface area (Å²) in [6.45, 7) is 4.93. The molecule has 0 heterocycles. The predicted octanol–water partition coefficient (Wildman–Crippen LogP) is 20.0. The average molecular weight is 989 g/mol. The van der Waals surface area contributed by atoms with Crippen LogP contribution in [0.5, 0.6) is 0 Å². The molecule has 0 spiro atoms. The molecular formula is C64H125NO5. The molecule has 0 fully saturated rings.